The minimum Gasteiger partial charge on any atom is -0.310 e. The Balaban J connectivity index is 2.42. The van der Waals surface area contributed by atoms with E-state index in [0.29, 0.717) is 6.04 Å². The van der Waals surface area contributed by atoms with E-state index in [-0.39, 0.29) is 0 Å². The Bertz CT molecular complexity index is 296. The predicted molar refractivity (Wildman–Crippen MR) is 54.1 cm³/mol. The second-order valence-electron chi connectivity index (χ2n) is 3.36. The Hall–Kier alpha value is -0.340. The molecule has 2 rings (SSSR count). The maximum Gasteiger partial charge on any atom is 0.0223 e. The molecule has 0 aromatic heterocycles. The van der Waals surface area contributed by atoms with Crippen LogP contribution < -0.4 is 5.32 Å². The third-order valence-corrected chi connectivity index (χ3v) is 3.11. The molecule has 12 heavy (non-hydrogen) atoms. The van der Waals surface area contributed by atoms with Crippen LogP contribution in [0.3, 0.4) is 0 Å². The van der Waals surface area contributed by atoms with Gasteiger partial charge in [0.1, 0.15) is 0 Å². The summed E-state index contributed by atoms with van der Waals surface area (Å²) in [7, 11) is 0. The van der Waals surface area contributed by atoms with Crippen LogP contribution in [0.15, 0.2) is 22.7 Å². The van der Waals surface area contributed by atoms with E-state index in [2.05, 4.69) is 46.4 Å². The van der Waals surface area contributed by atoms with Crippen molar-refractivity contribution < 1.29 is 0 Å². The summed E-state index contributed by atoms with van der Waals surface area (Å²) in [5, 5.41) is 3.45. The molecule has 64 valence electrons. The topological polar surface area (TPSA) is 12.0 Å². The summed E-state index contributed by atoms with van der Waals surface area (Å²) < 4.78 is 1.24. The van der Waals surface area contributed by atoms with E-state index in [1.165, 1.54) is 15.6 Å². The predicted octanol–water partition coefficient (Wildman–Crippen LogP) is 2.48. The molecule has 0 unspecified atom stereocenters. The fourth-order valence-electron chi connectivity index (χ4n) is 1.67. The van der Waals surface area contributed by atoms with Crippen molar-refractivity contribution in [3.05, 3.63) is 33.8 Å². The Kier molecular flexibility index (Phi) is 2.20. The zero-order valence-electron chi connectivity index (χ0n) is 7.10. The molecule has 1 aliphatic rings. The van der Waals surface area contributed by atoms with Gasteiger partial charge in [-0.2, -0.15) is 0 Å². The number of benzene rings is 1. The molecule has 0 bridgehead atoms. The highest BCUT2D eigenvalue weighted by molar-refractivity contribution is 9.10. The van der Waals surface area contributed by atoms with Crippen LogP contribution in [0.5, 0.6) is 0 Å². The molecule has 1 heterocycles. The van der Waals surface area contributed by atoms with Crippen LogP contribution in [0, 0.1) is 0 Å². The molecule has 1 nitrogen and oxygen atoms in total. The highest BCUT2D eigenvalue weighted by Crippen LogP contribution is 2.24. The van der Waals surface area contributed by atoms with Gasteiger partial charge in [0, 0.05) is 17.1 Å². The quantitative estimate of drug-likeness (QED) is 0.716. The SMILES string of the molecule is C[C@@H]1Cc2cccc(Br)c2CN1. The summed E-state index contributed by atoms with van der Waals surface area (Å²) >= 11 is 3.56. The average Bonchev–Trinajstić information content (AvgIpc) is 2.04. The van der Waals surface area contributed by atoms with Crippen LogP contribution in [-0.4, -0.2) is 6.04 Å². The molecule has 0 radical (unpaired) electrons. The van der Waals surface area contributed by atoms with Crippen molar-refractivity contribution in [1.29, 1.82) is 0 Å². The van der Waals surface area contributed by atoms with Crippen molar-refractivity contribution in [1.82, 2.24) is 5.32 Å². The van der Waals surface area contributed by atoms with Gasteiger partial charge in [0.05, 0.1) is 0 Å². The van der Waals surface area contributed by atoms with Crippen molar-refractivity contribution in [3.63, 3.8) is 0 Å². The van der Waals surface area contributed by atoms with Crippen LogP contribution in [0.4, 0.5) is 0 Å². The van der Waals surface area contributed by atoms with Crippen molar-refractivity contribution in [3.8, 4) is 0 Å². The molecule has 0 amide bonds. The van der Waals surface area contributed by atoms with Crippen LogP contribution in [0.25, 0.3) is 0 Å². The van der Waals surface area contributed by atoms with Gasteiger partial charge in [0.25, 0.3) is 0 Å². The maximum absolute atomic E-state index is 3.56. The summed E-state index contributed by atoms with van der Waals surface area (Å²) in [6.45, 7) is 3.22. The Morgan fingerprint density at radius 1 is 1.50 bits per heavy atom. The first kappa shape index (κ1) is 8.27. The zero-order chi connectivity index (χ0) is 8.55. The fraction of sp³-hybridized carbons (Fsp3) is 0.400. The monoisotopic (exact) mass is 225 g/mol. The third-order valence-electron chi connectivity index (χ3n) is 2.37. The molecule has 1 N–H and O–H groups in total. The lowest BCUT2D eigenvalue weighted by Crippen LogP contribution is -2.32. The van der Waals surface area contributed by atoms with E-state index in [1.54, 1.807) is 0 Å². The summed E-state index contributed by atoms with van der Waals surface area (Å²) in [5.74, 6) is 0. The van der Waals surface area contributed by atoms with Gasteiger partial charge in [-0.15, -0.1) is 0 Å². The minimum absolute atomic E-state index is 0.617. The van der Waals surface area contributed by atoms with E-state index in [0.717, 1.165) is 13.0 Å². The summed E-state index contributed by atoms with van der Waals surface area (Å²) in [4.78, 5) is 0. The third kappa shape index (κ3) is 1.41. The first-order valence-corrected chi connectivity index (χ1v) is 5.06. The van der Waals surface area contributed by atoms with Crippen LogP contribution >= 0.6 is 15.9 Å². The van der Waals surface area contributed by atoms with Crippen molar-refractivity contribution in [2.24, 2.45) is 0 Å². The number of fused-ring (bicyclic) bond motifs is 1. The summed E-state index contributed by atoms with van der Waals surface area (Å²) in [6, 6.07) is 7.06. The minimum atomic E-state index is 0.617. The molecule has 1 aromatic carbocycles. The van der Waals surface area contributed by atoms with E-state index >= 15 is 0 Å². The van der Waals surface area contributed by atoms with E-state index in [1.807, 2.05) is 0 Å². The van der Waals surface area contributed by atoms with Crippen molar-refractivity contribution in [2.75, 3.05) is 0 Å². The highest BCUT2D eigenvalue weighted by atomic mass is 79.9. The van der Waals surface area contributed by atoms with Crippen LogP contribution in [-0.2, 0) is 13.0 Å². The molecule has 0 saturated carbocycles. The largest absolute Gasteiger partial charge is 0.310 e. The van der Waals surface area contributed by atoms with Gasteiger partial charge in [-0.1, -0.05) is 28.1 Å². The first-order valence-electron chi connectivity index (χ1n) is 4.27. The standard InChI is InChI=1S/C10H12BrN/c1-7-5-8-3-2-4-10(11)9(8)6-12-7/h2-4,7,12H,5-6H2,1H3/t7-/m1/s1. The highest BCUT2D eigenvalue weighted by Gasteiger charge is 2.15. The van der Waals surface area contributed by atoms with Crippen LogP contribution in [0.2, 0.25) is 0 Å². The van der Waals surface area contributed by atoms with E-state index in [4.69, 9.17) is 0 Å². The Labute approximate surface area is 81.3 Å². The maximum atomic E-state index is 3.56. The van der Waals surface area contributed by atoms with Gasteiger partial charge in [0.15, 0.2) is 0 Å². The van der Waals surface area contributed by atoms with Gasteiger partial charge in [-0.25, -0.2) is 0 Å². The second kappa shape index (κ2) is 3.19. The van der Waals surface area contributed by atoms with Gasteiger partial charge < -0.3 is 5.32 Å². The van der Waals surface area contributed by atoms with Gasteiger partial charge in [-0.3, -0.25) is 0 Å². The van der Waals surface area contributed by atoms with Crippen molar-refractivity contribution >= 4 is 15.9 Å². The first-order chi connectivity index (χ1) is 5.77. The number of hydrogen-bond acceptors (Lipinski definition) is 1. The lowest BCUT2D eigenvalue weighted by molar-refractivity contribution is 0.512. The number of hydrogen-bond donors (Lipinski definition) is 1. The van der Waals surface area contributed by atoms with Crippen molar-refractivity contribution in [2.45, 2.75) is 25.9 Å². The molecule has 0 spiro atoms. The van der Waals surface area contributed by atoms with E-state index < -0.39 is 0 Å². The van der Waals surface area contributed by atoms with E-state index in [9.17, 15) is 0 Å². The fourth-order valence-corrected chi connectivity index (χ4v) is 2.22. The Morgan fingerprint density at radius 2 is 2.33 bits per heavy atom. The van der Waals surface area contributed by atoms with Gasteiger partial charge >= 0.3 is 0 Å². The molecular formula is C10H12BrN. The molecule has 1 atom stereocenters. The molecule has 2 heteroatoms. The van der Waals surface area contributed by atoms with Gasteiger partial charge in [-0.05, 0) is 30.5 Å². The molecule has 0 saturated heterocycles. The normalized spacial score (nSPS) is 22.0. The molecule has 1 aliphatic heterocycles. The zero-order valence-corrected chi connectivity index (χ0v) is 8.69. The summed E-state index contributed by atoms with van der Waals surface area (Å²) in [5.41, 5.74) is 2.91. The summed E-state index contributed by atoms with van der Waals surface area (Å²) in [6.07, 6.45) is 1.15. The molecule has 0 aliphatic carbocycles. The molecular weight excluding hydrogens is 214 g/mol. The lowest BCUT2D eigenvalue weighted by atomic mass is 9.97. The smallest absolute Gasteiger partial charge is 0.0223 e. The molecule has 0 fully saturated rings. The van der Waals surface area contributed by atoms with Gasteiger partial charge in [0.2, 0.25) is 0 Å². The number of rotatable bonds is 0. The Morgan fingerprint density at radius 3 is 3.17 bits per heavy atom. The lowest BCUT2D eigenvalue weighted by Gasteiger charge is -2.23. The number of halogens is 1. The number of nitrogens with one attached hydrogen (secondary N) is 1. The van der Waals surface area contributed by atoms with Crippen LogP contribution in [0.1, 0.15) is 18.1 Å². The average molecular weight is 226 g/mol. The second-order valence-corrected chi connectivity index (χ2v) is 4.22. The molecule has 1 aromatic rings.